The third-order valence-electron chi connectivity index (χ3n) is 2.79. The summed E-state index contributed by atoms with van der Waals surface area (Å²) in [6.07, 6.45) is -4.35. The molecule has 20 heavy (non-hydrogen) atoms. The lowest BCUT2D eigenvalue weighted by Gasteiger charge is -2.24. The van der Waals surface area contributed by atoms with Crippen LogP contribution in [-0.4, -0.2) is 49.7 Å². The molecule has 8 heteroatoms. The van der Waals surface area contributed by atoms with Gasteiger partial charge in [0.25, 0.3) is 0 Å². The van der Waals surface area contributed by atoms with Crippen molar-refractivity contribution >= 4 is 11.9 Å². The molecule has 0 radical (unpaired) electrons. The first-order valence-electron chi connectivity index (χ1n) is 6.31. The number of hydrogen-bond acceptors (Lipinski definition) is 4. The summed E-state index contributed by atoms with van der Waals surface area (Å²) < 4.78 is 41.6. The smallest absolute Gasteiger partial charge is 0.406 e. The molecule has 0 aliphatic heterocycles. The summed E-state index contributed by atoms with van der Waals surface area (Å²) in [4.78, 5) is 23.4. The van der Waals surface area contributed by atoms with Crippen LogP contribution in [0.3, 0.4) is 0 Å². The molecule has 1 unspecified atom stereocenters. The molecule has 0 aromatic carbocycles. The zero-order valence-electron chi connectivity index (χ0n) is 11.7. The molecule has 2 N–H and O–H groups in total. The van der Waals surface area contributed by atoms with Gasteiger partial charge in [-0.1, -0.05) is 6.92 Å². The van der Waals surface area contributed by atoms with Crippen LogP contribution in [0.1, 0.15) is 26.2 Å². The number of amides is 1. The summed E-state index contributed by atoms with van der Waals surface area (Å²) in [6, 6.07) is 0. The van der Waals surface area contributed by atoms with E-state index >= 15 is 0 Å². The van der Waals surface area contributed by atoms with E-state index in [4.69, 9.17) is 5.73 Å². The monoisotopic (exact) mass is 298 g/mol. The van der Waals surface area contributed by atoms with Gasteiger partial charge in [-0.3, -0.25) is 9.59 Å². The quantitative estimate of drug-likeness (QED) is 0.686. The number of methoxy groups -OCH3 is 1. The average molecular weight is 298 g/mol. The number of esters is 1. The maximum atomic E-state index is 12.4. The van der Waals surface area contributed by atoms with E-state index in [9.17, 15) is 22.8 Å². The number of nitrogens with zero attached hydrogens (tertiary/aromatic N) is 1. The molecule has 0 spiro atoms. The summed E-state index contributed by atoms with van der Waals surface area (Å²) in [7, 11) is 1.14. The zero-order chi connectivity index (χ0) is 15.8. The Bertz CT molecular complexity index is 322. The highest BCUT2D eigenvalue weighted by atomic mass is 19.4. The highest BCUT2D eigenvalue weighted by Crippen LogP contribution is 2.18. The van der Waals surface area contributed by atoms with E-state index in [-0.39, 0.29) is 25.3 Å². The van der Waals surface area contributed by atoms with E-state index in [0.29, 0.717) is 17.9 Å². The number of rotatable bonds is 8. The van der Waals surface area contributed by atoms with Crippen LogP contribution in [0.4, 0.5) is 13.2 Å². The molecule has 0 saturated carbocycles. The largest absolute Gasteiger partial charge is 0.469 e. The lowest BCUT2D eigenvalue weighted by molar-refractivity contribution is -0.162. The van der Waals surface area contributed by atoms with E-state index in [1.165, 1.54) is 0 Å². The molecular weight excluding hydrogens is 277 g/mol. The molecule has 0 rings (SSSR count). The summed E-state index contributed by atoms with van der Waals surface area (Å²) in [5.41, 5.74) is 5.39. The summed E-state index contributed by atoms with van der Waals surface area (Å²) in [5.74, 6) is -1.22. The van der Waals surface area contributed by atoms with Crippen molar-refractivity contribution in [2.24, 2.45) is 11.7 Å². The van der Waals surface area contributed by atoms with Crippen LogP contribution >= 0.6 is 0 Å². The fourth-order valence-electron chi connectivity index (χ4n) is 1.48. The van der Waals surface area contributed by atoms with E-state index in [0.717, 1.165) is 7.11 Å². The van der Waals surface area contributed by atoms with Gasteiger partial charge in [0.05, 0.1) is 13.5 Å². The number of ether oxygens (including phenoxy) is 1. The van der Waals surface area contributed by atoms with Crippen molar-refractivity contribution in [1.29, 1.82) is 0 Å². The van der Waals surface area contributed by atoms with Crippen LogP contribution in [0, 0.1) is 5.92 Å². The Morgan fingerprint density at radius 3 is 2.35 bits per heavy atom. The second-order valence-corrected chi connectivity index (χ2v) is 4.64. The standard InChI is InChI=1S/C12H21F3N2O3/c1-9(7-16)3-4-10(18)17(8-12(13,14)15)6-5-11(19)20-2/h9H,3-8,16H2,1-2H3. The Kier molecular flexibility index (Phi) is 8.21. The van der Waals surface area contributed by atoms with Crippen molar-refractivity contribution < 1.29 is 27.5 Å². The predicted molar refractivity (Wildman–Crippen MR) is 66.7 cm³/mol. The molecular formula is C12H21F3N2O3. The lowest BCUT2D eigenvalue weighted by atomic mass is 10.1. The average Bonchev–Trinajstić information content (AvgIpc) is 2.38. The van der Waals surface area contributed by atoms with Gasteiger partial charge < -0.3 is 15.4 Å². The molecule has 0 aromatic rings. The molecule has 0 bridgehead atoms. The van der Waals surface area contributed by atoms with E-state index < -0.39 is 24.6 Å². The first-order valence-corrected chi connectivity index (χ1v) is 6.31. The fourth-order valence-corrected chi connectivity index (χ4v) is 1.48. The maximum Gasteiger partial charge on any atom is 0.406 e. The molecule has 0 heterocycles. The van der Waals surface area contributed by atoms with Crippen LogP contribution in [0.5, 0.6) is 0 Å². The third kappa shape index (κ3) is 8.73. The SMILES string of the molecule is COC(=O)CCN(CC(F)(F)F)C(=O)CCC(C)CN. The van der Waals surface area contributed by atoms with Crippen LogP contribution in [0.15, 0.2) is 0 Å². The third-order valence-corrected chi connectivity index (χ3v) is 2.79. The second-order valence-electron chi connectivity index (χ2n) is 4.64. The van der Waals surface area contributed by atoms with E-state index in [1.54, 1.807) is 0 Å². The Hall–Kier alpha value is -1.31. The van der Waals surface area contributed by atoms with Gasteiger partial charge in [-0.15, -0.1) is 0 Å². The number of carbonyl (C=O) groups is 2. The molecule has 0 aliphatic carbocycles. The van der Waals surface area contributed by atoms with E-state index in [2.05, 4.69) is 4.74 Å². The Morgan fingerprint density at radius 1 is 1.30 bits per heavy atom. The number of halogens is 3. The van der Waals surface area contributed by atoms with Gasteiger partial charge in [0.1, 0.15) is 6.54 Å². The number of carbonyl (C=O) groups excluding carboxylic acids is 2. The van der Waals surface area contributed by atoms with Gasteiger partial charge in [-0.25, -0.2) is 0 Å². The van der Waals surface area contributed by atoms with Crippen molar-refractivity contribution in [3.8, 4) is 0 Å². The van der Waals surface area contributed by atoms with Gasteiger partial charge in [0, 0.05) is 13.0 Å². The molecule has 0 saturated heterocycles. The van der Waals surface area contributed by atoms with E-state index in [1.807, 2.05) is 6.92 Å². The topological polar surface area (TPSA) is 72.6 Å². The molecule has 1 amide bonds. The maximum absolute atomic E-state index is 12.4. The first kappa shape index (κ1) is 18.7. The molecule has 0 aromatic heterocycles. The van der Waals surface area contributed by atoms with Crippen LogP contribution < -0.4 is 5.73 Å². The van der Waals surface area contributed by atoms with Crippen molar-refractivity contribution in [2.75, 3.05) is 26.7 Å². The van der Waals surface area contributed by atoms with Crippen molar-refractivity contribution in [2.45, 2.75) is 32.4 Å². The van der Waals surface area contributed by atoms with Gasteiger partial charge in [-0.05, 0) is 18.9 Å². The zero-order valence-corrected chi connectivity index (χ0v) is 11.7. The minimum absolute atomic E-state index is 0.0182. The Labute approximate surface area is 116 Å². The summed E-state index contributed by atoms with van der Waals surface area (Å²) in [5, 5.41) is 0. The number of alkyl halides is 3. The van der Waals surface area contributed by atoms with Crippen LogP contribution in [0.25, 0.3) is 0 Å². The highest BCUT2D eigenvalue weighted by Gasteiger charge is 2.33. The first-order chi connectivity index (χ1) is 9.19. The predicted octanol–water partition coefficient (Wildman–Crippen LogP) is 1.32. The van der Waals surface area contributed by atoms with Gasteiger partial charge in [0.2, 0.25) is 5.91 Å². The van der Waals surface area contributed by atoms with Crippen molar-refractivity contribution in [1.82, 2.24) is 4.90 Å². The highest BCUT2D eigenvalue weighted by molar-refractivity contribution is 5.77. The van der Waals surface area contributed by atoms with Crippen LogP contribution in [0.2, 0.25) is 0 Å². The van der Waals surface area contributed by atoms with Gasteiger partial charge >= 0.3 is 12.1 Å². The van der Waals surface area contributed by atoms with Crippen LogP contribution in [-0.2, 0) is 14.3 Å². The van der Waals surface area contributed by atoms with Gasteiger partial charge in [-0.2, -0.15) is 13.2 Å². The minimum atomic E-state index is -4.49. The summed E-state index contributed by atoms with van der Waals surface area (Å²) >= 11 is 0. The minimum Gasteiger partial charge on any atom is -0.469 e. The van der Waals surface area contributed by atoms with Crippen molar-refractivity contribution in [3.05, 3.63) is 0 Å². The Morgan fingerprint density at radius 2 is 1.90 bits per heavy atom. The number of nitrogens with two attached hydrogens (primary N) is 1. The van der Waals surface area contributed by atoms with Crippen molar-refractivity contribution in [3.63, 3.8) is 0 Å². The fraction of sp³-hybridized carbons (Fsp3) is 0.833. The molecule has 1 atom stereocenters. The second kappa shape index (κ2) is 8.78. The molecule has 5 nitrogen and oxygen atoms in total. The molecule has 0 fully saturated rings. The normalized spacial score (nSPS) is 12.9. The molecule has 0 aliphatic rings. The Balaban J connectivity index is 4.49. The molecule has 118 valence electrons. The summed E-state index contributed by atoms with van der Waals surface area (Å²) in [6.45, 7) is 0.520. The van der Waals surface area contributed by atoms with Gasteiger partial charge in [0.15, 0.2) is 0 Å². The lowest BCUT2D eigenvalue weighted by Crippen LogP contribution is -2.40. The number of hydrogen-bond donors (Lipinski definition) is 1.